The Morgan fingerprint density at radius 2 is 1.50 bits per heavy atom. The van der Waals surface area contributed by atoms with Crippen LogP contribution >= 0.6 is 11.8 Å². The highest BCUT2D eigenvalue weighted by Crippen LogP contribution is 2.55. The molecule has 0 aromatic heterocycles. The SMILES string of the molecule is Fc1cccc(F)c1C1=NC(C2=C3C(=Cc4ccccc43)C(c3ccccc3)(c3ccc(SC(F)F)cc3)C=C2)CO1. The Kier molecular flexibility index (Phi) is 6.62. The summed E-state index contributed by atoms with van der Waals surface area (Å²) in [5.74, 6) is -4.01. The Morgan fingerprint density at radius 3 is 2.24 bits per heavy atom. The number of allylic oxidation sites excluding steroid dienone is 3. The first-order valence-corrected chi connectivity index (χ1v) is 14.3. The molecule has 7 heteroatoms. The van der Waals surface area contributed by atoms with Crippen LogP contribution in [0.15, 0.2) is 130 Å². The van der Waals surface area contributed by atoms with Gasteiger partial charge in [0.1, 0.15) is 29.8 Å². The number of alkyl halides is 2. The lowest BCUT2D eigenvalue weighted by atomic mass is 9.64. The predicted molar refractivity (Wildman–Crippen MR) is 159 cm³/mol. The van der Waals surface area contributed by atoms with Gasteiger partial charge in [0.05, 0.1) is 5.41 Å². The Balaban J connectivity index is 1.41. The van der Waals surface area contributed by atoms with Crippen LogP contribution in [0.3, 0.4) is 0 Å². The first-order chi connectivity index (χ1) is 20.5. The van der Waals surface area contributed by atoms with Gasteiger partial charge < -0.3 is 4.74 Å². The molecular formula is C35H23F4NOS. The fourth-order valence-corrected chi connectivity index (χ4v) is 6.65. The van der Waals surface area contributed by atoms with Gasteiger partial charge in [-0.25, -0.2) is 13.8 Å². The van der Waals surface area contributed by atoms with E-state index < -0.39 is 28.8 Å². The van der Waals surface area contributed by atoms with Gasteiger partial charge in [0.15, 0.2) is 0 Å². The summed E-state index contributed by atoms with van der Waals surface area (Å²) in [4.78, 5) is 5.16. The molecule has 2 unspecified atom stereocenters. The Labute approximate surface area is 244 Å². The van der Waals surface area contributed by atoms with Gasteiger partial charge in [-0.3, -0.25) is 0 Å². The molecule has 208 valence electrons. The molecule has 0 bridgehead atoms. The second-order valence-corrected chi connectivity index (χ2v) is 11.3. The molecular weight excluding hydrogens is 558 g/mol. The van der Waals surface area contributed by atoms with Crippen LogP contribution in [0.2, 0.25) is 0 Å². The molecule has 2 atom stereocenters. The second kappa shape index (κ2) is 10.5. The fraction of sp³-hybridized carbons (Fsp3) is 0.114. The Bertz CT molecular complexity index is 1790. The molecule has 4 aromatic rings. The molecule has 0 spiro atoms. The first-order valence-electron chi connectivity index (χ1n) is 13.5. The number of hydrogen-bond donors (Lipinski definition) is 0. The number of benzene rings is 4. The molecule has 1 heterocycles. The number of nitrogens with zero attached hydrogens (tertiary/aromatic N) is 1. The maximum atomic E-state index is 14.6. The van der Waals surface area contributed by atoms with E-state index in [0.29, 0.717) is 16.7 Å². The van der Waals surface area contributed by atoms with Gasteiger partial charge in [-0.1, -0.05) is 96.7 Å². The van der Waals surface area contributed by atoms with Crippen molar-refractivity contribution in [3.63, 3.8) is 0 Å². The summed E-state index contributed by atoms with van der Waals surface area (Å²) in [6.07, 6.45) is 6.31. The van der Waals surface area contributed by atoms with E-state index in [1.807, 2.05) is 48.5 Å². The van der Waals surface area contributed by atoms with Crippen molar-refractivity contribution in [2.24, 2.45) is 4.99 Å². The Hall–Kier alpha value is -4.36. The quantitative estimate of drug-likeness (QED) is 0.168. The van der Waals surface area contributed by atoms with E-state index in [4.69, 9.17) is 4.74 Å². The zero-order valence-corrected chi connectivity index (χ0v) is 22.9. The molecule has 0 saturated heterocycles. The van der Waals surface area contributed by atoms with Crippen molar-refractivity contribution in [2.75, 3.05) is 6.61 Å². The normalized spacial score (nSPS) is 20.7. The summed E-state index contributed by atoms with van der Waals surface area (Å²) in [7, 11) is 0. The van der Waals surface area contributed by atoms with Gasteiger partial charge in [0, 0.05) is 4.90 Å². The van der Waals surface area contributed by atoms with Crippen molar-refractivity contribution < 1.29 is 22.3 Å². The third kappa shape index (κ3) is 4.31. The minimum absolute atomic E-state index is 0.0547. The first kappa shape index (κ1) is 26.5. The molecule has 7 rings (SSSR count). The smallest absolute Gasteiger partial charge is 0.288 e. The highest BCUT2D eigenvalue weighted by atomic mass is 32.2. The van der Waals surface area contributed by atoms with E-state index in [9.17, 15) is 17.6 Å². The maximum absolute atomic E-state index is 14.6. The van der Waals surface area contributed by atoms with Gasteiger partial charge in [0.2, 0.25) is 5.90 Å². The van der Waals surface area contributed by atoms with Crippen molar-refractivity contribution in [1.29, 1.82) is 0 Å². The van der Waals surface area contributed by atoms with Crippen LogP contribution in [0.25, 0.3) is 11.6 Å². The second-order valence-electron chi connectivity index (χ2n) is 10.2. The van der Waals surface area contributed by atoms with Crippen LogP contribution < -0.4 is 0 Å². The van der Waals surface area contributed by atoms with E-state index in [-0.39, 0.29) is 18.1 Å². The summed E-state index contributed by atoms with van der Waals surface area (Å²) >= 11 is 0.518. The van der Waals surface area contributed by atoms with Gasteiger partial charge in [-0.2, -0.15) is 8.78 Å². The molecule has 0 radical (unpaired) electrons. The highest BCUT2D eigenvalue weighted by Gasteiger charge is 2.44. The Morgan fingerprint density at radius 1 is 0.810 bits per heavy atom. The zero-order chi connectivity index (χ0) is 28.8. The third-order valence-corrected chi connectivity index (χ3v) is 8.70. The lowest BCUT2D eigenvalue weighted by molar-refractivity contribution is 0.252. The number of thioether (sulfide) groups is 1. The van der Waals surface area contributed by atoms with Gasteiger partial charge in [-0.05, 0) is 69.3 Å². The van der Waals surface area contributed by atoms with Crippen molar-refractivity contribution in [3.8, 4) is 0 Å². The molecule has 2 nitrogen and oxygen atoms in total. The molecule has 2 aliphatic carbocycles. The van der Waals surface area contributed by atoms with E-state index >= 15 is 0 Å². The number of fused-ring (bicyclic) bond motifs is 3. The van der Waals surface area contributed by atoms with E-state index in [0.717, 1.165) is 39.0 Å². The monoisotopic (exact) mass is 581 g/mol. The lowest BCUT2D eigenvalue weighted by Crippen LogP contribution is -2.31. The van der Waals surface area contributed by atoms with Crippen molar-refractivity contribution in [3.05, 3.63) is 160 Å². The van der Waals surface area contributed by atoms with Gasteiger partial charge in [-0.15, -0.1) is 0 Å². The standard InChI is InChI=1S/C35H23F4NOS/c36-28-11-6-12-29(37)32(28)33-40-30(20-41-33)26-17-18-35(22-8-2-1-3-9-22,23-13-15-24(16-14-23)42-34(38)39)27-19-21-7-4-5-10-25(21)31(26)27/h1-19,30,34H,20H2. The highest BCUT2D eigenvalue weighted by molar-refractivity contribution is 7.99. The van der Waals surface area contributed by atoms with E-state index in [1.165, 1.54) is 18.2 Å². The van der Waals surface area contributed by atoms with Crippen molar-refractivity contribution in [2.45, 2.75) is 22.1 Å². The van der Waals surface area contributed by atoms with Crippen LogP contribution in [0, 0.1) is 11.6 Å². The summed E-state index contributed by atoms with van der Waals surface area (Å²) < 4.78 is 61.1. The average molecular weight is 582 g/mol. The molecule has 3 aliphatic rings. The number of aliphatic imine (C=N–C) groups is 1. The minimum atomic E-state index is -2.51. The van der Waals surface area contributed by atoms with Gasteiger partial charge >= 0.3 is 0 Å². The molecule has 0 amide bonds. The van der Waals surface area contributed by atoms with Crippen LogP contribution in [-0.2, 0) is 10.2 Å². The topological polar surface area (TPSA) is 21.6 Å². The van der Waals surface area contributed by atoms with Crippen LogP contribution in [-0.4, -0.2) is 24.3 Å². The summed E-state index contributed by atoms with van der Waals surface area (Å²) in [6.45, 7) is 0.139. The number of rotatable bonds is 6. The van der Waals surface area contributed by atoms with Crippen LogP contribution in [0.1, 0.15) is 27.8 Å². The van der Waals surface area contributed by atoms with Crippen molar-refractivity contribution in [1.82, 2.24) is 0 Å². The summed E-state index contributed by atoms with van der Waals surface area (Å²) in [5, 5.41) is 0. The molecule has 4 aromatic carbocycles. The number of hydrogen-bond acceptors (Lipinski definition) is 3. The van der Waals surface area contributed by atoms with Crippen molar-refractivity contribution >= 4 is 29.3 Å². The number of ether oxygens (including phenoxy) is 1. The van der Waals surface area contributed by atoms with E-state index in [2.05, 4.69) is 41.4 Å². The molecule has 1 aliphatic heterocycles. The van der Waals surface area contributed by atoms with E-state index in [1.54, 1.807) is 12.1 Å². The van der Waals surface area contributed by atoms with Crippen LogP contribution in [0.4, 0.5) is 17.6 Å². The lowest BCUT2D eigenvalue weighted by Gasteiger charge is -2.38. The average Bonchev–Trinajstić information content (AvgIpc) is 3.63. The largest absolute Gasteiger partial charge is 0.475 e. The fourth-order valence-electron chi connectivity index (χ4n) is 6.15. The summed E-state index contributed by atoms with van der Waals surface area (Å²) in [6, 6.07) is 28.6. The molecule has 0 N–H and O–H groups in total. The zero-order valence-electron chi connectivity index (χ0n) is 22.1. The third-order valence-electron chi connectivity index (χ3n) is 7.98. The van der Waals surface area contributed by atoms with Gasteiger partial charge in [0.25, 0.3) is 5.76 Å². The molecule has 0 fully saturated rings. The summed E-state index contributed by atoms with van der Waals surface area (Å²) in [5.41, 5.74) is 5.90. The minimum Gasteiger partial charge on any atom is -0.475 e. The molecule has 42 heavy (non-hydrogen) atoms. The maximum Gasteiger partial charge on any atom is 0.288 e. The predicted octanol–water partition coefficient (Wildman–Crippen LogP) is 8.83. The van der Waals surface area contributed by atoms with Crippen LogP contribution in [0.5, 0.6) is 0 Å². The molecule has 0 saturated carbocycles. The number of halogens is 4.